The van der Waals surface area contributed by atoms with E-state index in [9.17, 15) is 0 Å². The molecule has 0 aliphatic carbocycles. The van der Waals surface area contributed by atoms with Crippen molar-refractivity contribution in [1.82, 2.24) is 4.90 Å². The second-order valence-corrected chi connectivity index (χ2v) is 9.73. The minimum Gasteiger partial charge on any atom is -0.355 e. The first kappa shape index (κ1) is 20.3. The summed E-state index contributed by atoms with van der Waals surface area (Å²) in [5.41, 5.74) is 3.62. The van der Waals surface area contributed by atoms with Crippen LogP contribution in [0.5, 0.6) is 0 Å². The standard InChI is InChI=1S/C27H27N2P/c1-29(2)21-22-13-9-10-18-25(22)28-26-19-11-12-20-27(26)30(23-14-5-3-6-15-23)24-16-7-4-8-17-24/h3-20,28H,21H2,1-2H3. The molecule has 150 valence electrons. The molecule has 4 rings (SSSR count). The lowest BCUT2D eigenvalue weighted by Crippen LogP contribution is -2.22. The van der Waals surface area contributed by atoms with Gasteiger partial charge in [-0.15, -0.1) is 0 Å². The number of nitrogens with zero attached hydrogens (tertiary/aromatic N) is 1. The Hall–Kier alpha value is -2.93. The molecule has 2 nitrogen and oxygen atoms in total. The SMILES string of the molecule is CN(C)Cc1ccccc1Nc1ccccc1P(c1ccccc1)c1ccccc1. The van der Waals surface area contributed by atoms with Crippen LogP contribution < -0.4 is 21.2 Å². The molecule has 0 aliphatic rings. The highest BCUT2D eigenvalue weighted by Gasteiger charge is 2.19. The maximum absolute atomic E-state index is 3.76. The van der Waals surface area contributed by atoms with Crippen LogP contribution in [0, 0.1) is 0 Å². The van der Waals surface area contributed by atoms with Crippen LogP contribution >= 0.6 is 7.92 Å². The Kier molecular flexibility index (Phi) is 6.59. The molecule has 0 fully saturated rings. The first-order valence-corrected chi connectivity index (χ1v) is 11.6. The number of rotatable bonds is 7. The average molecular weight is 411 g/mol. The van der Waals surface area contributed by atoms with Crippen LogP contribution in [0.15, 0.2) is 109 Å². The van der Waals surface area contributed by atoms with Crippen molar-refractivity contribution in [2.24, 2.45) is 0 Å². The molecular formula is C27H27N2P. The lowest BCUT2D eigenvalue weighted by atomic mass is 10.1. The van der Waals surface area contributed by atoms with Crippen molar-refractivity contribution in [2.75, 3.05) is 19.4 Å². The highest BCUT2D eigenvalue weighted by molar-refractivity contribution is 7.80. The summed E-state index contributed by atoms with van der Waals surface area (Å²) >= 11 is 0. The van der Waals surface area contributed by atoms with Crippen molar-refractivity contribution in [3.8, 4) is 0 Å². The largest absolute Gasteiger partial charge is 0.355 e. The van der Waals surface area contributed by atoms with Gasteiger partial charge in [-0.25, -0.2) is 0 Å². The van der Waals surface area contributed by atoms with Crippen LogP contribution in [0.3, 0.4) is 0 Å². The predicted molar refractivity (Wildman–Crippen MR) is 132 cm³/mol. The van der Waals surface area contributed by atoms with Gasteiger partial charge in [0.2, 0.25) is 0 Å². The van der Waals surface area contributed by atoms with E-state index < -0.39 is 7.92 Å². The van der Waals surface area contributed by atoms with Gasteiger partial charge in [0, 0.05) is 23.2 Å². The molecule has 0 radical (unpaired) electrons. The summed E-state index contributed by atoms with van der Waals surface area (Å²) in [4.78, 5) is 2.20. The molecule has 1 N–H and O–H groups in total. The smallest absolute Gasteiger partial charge is 0.0469 e. The van der Waals surface area contributed by atoms with Gasteiger partial charge in [0.1, 0.15) is 0 Å². The number of hydrogen-bond donors (Lipinski definition) is 1. The van der Waals surface area contributed by atoms with E-state index >= 15 is 0 Å². The normalized spacial score (nSPS) is 11.1. The molecule has 30 heavy (non-hydrogen) atoms. The third-order valence-electron chi connectivity index (χ3n) is 4.95. The van der Waals surface area contributed by atoms with Crippen molar-refractivity contribution in [3.05, 3.63) is 115 Å². The summed E-state index contributed by atoms with van der Waals surface area (Å²) < 4.78 is 0. The van der Waals surface area contributed by atoms with Gasteiger partial charge in [0.05, 0.1) is 0 Å². The Morgan fingerprint density at radius 1 is 0.600 bits per heavy atom. The highest BCUT2D eigenvalue weighted by atomic mass is 31.1. The zero-order valence-electron chi connectivity index (χ0n) is 17.5. The number of benzene rings is 4. The number of nitrogens with one attached hydrogen (secondary N) is 1. The Labute approximate surface area is 181 Å². The Bertz CT molecular complexity index is 1040. The summed E-state index contributed by atoms with van der Waals surface area (Å²) in [6, 6.07) is 39.0. The molecule has 0 atom stereocenters. The molecule has 0 aromatic heterocycles. The summed E-state index contributed by atoms with van der Waals surface area (Å²) in [5.74, 6) is 0. The lowest BCUT2D eigenvalue weighted by Gasteiger charge is -2.23. The van der Waals surface area contributed by atoms with E-state index in [0.29, 0.717) is 0 Å². The number of hydrogen-bond acceptors (Lipinski definition) is 2. The monoisotopic (exact) mass is 410 g/mol. The van der Waals surface area contributed by atoms with Gasteiger partial charge in [-0.3, -0.25) is 0 Å². The van der Waals surface area contributed by atoms with E-state index in [1.807, 2.05) is 0 Å². The van der Waals surface area contributed by atoms with Crippen LogP contribution in [0.2, 0.25) is 0 Å². The van der Waals surface area contributed by atoms with Crippen molar-refractivity contribution in [2.45, 2.75) is 6.54 Å². The summed E-state index contributed by atoms with van der Waals surface area (Å²) in [6.07, 6.45) is 0. The van der Waals surface area contributed by atoms with Crippen LogP contribution in [-0.4, -0.2) is 19.0 Å². The Balaban J connectivity index is 1.79. The summed E-state index contributed by atoms with van der Waals surface area (Å²) in [7, 11) is 3.55. The van der Waals surface area contributed by atoms with Crippen LogP contribution in [-0.2, 0) is 6.54 Å². The minimum absolute atomic E-state index is 0.662. The van der Waals surface area contributed by atoms with E-state index in [0.717, 1.165) is 12.2 Å². The van der Waals surface area contributed by atoms with Gasteiger partial charge < -0.3 is 10.2 Å². The molecule has 0 aliphatic heterocycles. The third kappa shape index (κ3) is 4.79. The van der Waals surface area contributed by atoms with Crippen molar-refractivity contribution in [1.29, 1.82) is 0 Å². The van der Waals surface area contributed by atoms with E-state index in [4.69, 9.17) is 0 Å². The first-order chi connectivity index (χ1) is 14.7. The van der Waals surface area contributed by atoms with E-state index in [2.05, 4.69) is 134 Å². The highest BCUT2D eigenvalue weighted by Crippen LogP contribution is 2.36. The van der Waals surface area contributed by atoms with Gasteiger partial charge in [0.25, 0.3) is 0 Å². The lowest BCUT2D eigenvalue weighted by molar-refractivity contribution is 0.403. The first-order valence-electron chi connectivity index (χ1n) is 10.2. The van der Waals surface area contributed by atoms with Gasteiger partial charge in [-0.05, 0) is 50.3 Å². The second-order valence-electron chi connectivity index (χ2n) is 7.54. The maximum atomic E-state index is 3.76. The Morgan fingerprint density at radius 3 is 1.70 bits per heavy atom. The van der Waals surface area contributed by atoms with Crippen molar-refractivity contribution >= 4 is 35.2 Å². The molecule has 0 saturated carbocycles. The Morgan fingerprint density at radius 2 is 1.10 bits per heavy atom. The molecule has 0 saturated heterocycles. The van der Waals surface area contributed by atoms with E-state index in [-0.39, 0.29) is 0 Å². The van der Waals surface area contributed by atoms with Crippen LogP contribution in [0.25, 0.3) is 0 Å². The quantitative estimate of drug-likeness (QED) is 0.419. The van der Waals surface area contributed by atoms with Crippen molar-refractivity contribution in [3.63, 3.8) is 0 Å². The zero-order valence-corrected chi connectivity index (χ0v) is 18.4. The fourth-order valence-corrected chi connectivity index (χ4v) is 6.02. The fourth-order valence-electron chi connectivity index (χ4n) is 3.62. The third-order valence-corrected chi connectivity index (χ3v) is 7.45. The molecule has 4 aromatic carbocycles. The van der Waals surface area contributed by atoms with E-state index in [1.54, 1.807) is 0 Å². The summed E-state index contributed by atoms with van der Waals surface area (Å²) in [6.45, 7) is 0.900. The van der Waals surface area contributed by atoms with Crippen LogP contribution in [0.4, 0.5) is 11.4 Å². The van der Waals surface area contributed by atoms with Gasteiger partial charge in [-0.2, -0.15) is 0 Å². The van der Waals surface area contributed by atoms with E-state index in [1.165, 1.54) is 27.2 Å². The van der Waals surface area contributed by atoms with Gasteiger partial charge in [-0.1, -0.05) is 97.1 Å². The summed E-state index contributed by atoms with van der Waals surface area (Å²) in [5, 5.41) is 7.81. The average Bonchev–Trinajstić information content (AvgIpc) is 2.78. The molecule has 0 heterocycles. The topological polar surface area (TPSA) is 15.3 Å². The predicted octanol–water partition coefficient (Wildman–Crippen LogP) is 5.25. The maximum Gasteiger partial charge on any atom is 0.0469 e. The van der Waals surface area contributed by atoms with Gasteiger partial charge >= 0.3 is 0 Å². The minimum atomic E-state index is -0.662. The molecular weight excluding hydrogens is 383 g/mol. The molecule has 0 bridgehead atoms. The number of anilines is 2. The molecule has 0 amide bonds. The molecule has 4 aromatic rings. The molecule has 0 unspecified atom stereocenters. The van der Waals surface area contributed by atoms with Crippen molar-refractivity contribution < 1.29 is 0 Å². The molecule has 3 heteroatoms. The zero-order chi connectivity index (χ0) is 20.8. The fraction of sp³-hybridized carbons (Fsp3) is 0.111. The molecule has 0 spiro atoms. The number of para-hydroxylation sites is 2. The van der Waals surface area contributed by atoms with Gasteiger partial charge in [0.15, 0.2) is 0 Å². The second kappa shape index (κ2) is 9.71. The van der Waals surface area contributed by atoms with Crippen LogP contribution in [0.1, 0.15) is 5.56 Å².